The van der Waals surface area contributed by atoms with Crippen molar-refractivity contribution in [2.45, 2.75) is 25.7 Å². The van der Waals surface area contributed by atoms with Gasteiger partial charge in [-0.3, -0.25) is 19.3 Å². The molecule has 1 aliphatic carbocycles. The second kappa shape index (κ2) is 7.24. The molecule has 1 saturated heterocycles. The smallest absolute Gasteiger partial charge is 0.233 e. The average molecular weight is 400 g/mol. The minimum Gasteiger partial charge on any atom is -0.343 e. The topological polar surface area (TPSA) is 59.4 Å². The Hall–Kier alpha value is -3.21. The summed E-state index contributed by atoms with van der Waals surface area (Å²) in [5.74, 6) is -0.995. The first kappa shape index (κ1) is 18.8. The summed E-state index contributed by atoms with van der Waals surface area (Å²) < 4.78 is 2.02. The number of benzene rings is 2. The fourth-order valence-corrected chi connectivity index (χ4v) is 5.22. The van der Waals surface area contributed by atoms with Gasteiger partial charge in [0.15, 0.2) is 5.78 Å². The minimum atomic E-state index is -0.236. The molecule has 5 heteroatoms. The Kier molecular flexibility index (Phi) is 4.54. The van der Waals surface area contributed by atoms with Gasteiger partial charge in [0, 0.05) is 18.0 Å². The van der Waals surface area contributed by atoms with Gasteiger partial charge in [0.2, 0.25) is 11.8 Å². The molecule has 0 unspecified atom stereocenters. The molecule has 30 heavy (non-hydrogen) atoms. The van der Waals surface area contributed by atoms with E-state index in [4.69, 9.17) is 0 Å². The molecule has 2 aliphatic rings. The number of hydrogen-bond donors (Lipinski definition) is 0. The Labute approximate surface area is 175 Å². The second-order valence-electron chi connectivity index (χ2n) is 8.35. The van der Waals surface area contributed by atoms with E-state index in [0.717, 1.165) is 47.8 Å². The lowest BCUT2D eigenvalue weighted by Crippen LogP contribution is -2.36. The van der Waals surface area contributed by atoms with Crippen LogP contribution in [0.25, 0.3) is 22.2 Å². The summed E-state index contributed by atoms with van der Waals surface area (Å²) in [6.07, 6.45) is 3.46. The van der Waals surface area contributed by atoms with Crippen molar-refractivity contribution in [3.05, 3.63) is 60.2 Å². The SMILES string of the molecule is Cn1c(-c2ccccc2)c(C(=O)CN2C(=O)[C@H]3CCCC[C@@H]3C2=O)c2ccccc21. The van der Waals surface area contributed by atoms with Crippen LogP contribution in [0.4, 0.5) is 0 Å². The molecule has 0 radical (unpaired) electrons. The standard InChI is InChI=1S/C25H24N2O3/c1-26-20-14-8-7-13-19(20)22(23(26)16-9-3-2-4-10-16)21(28)15-27-24(29)17-11-5-6-12-18(17)25(27)30/h2-4,7-10,13-14,17-18H,5-6,11-12,15H2,1H3/t17-,18-/m0/s1. The molecule has 2 heterocycles. The number of aryl methyl sites for hydroxylation is 1. The monoisotopic (exact) mass is 400 g/mol. The summed E-state index contributed by atoms with van der Waals surface area (Å²) in [6, 6.07) is 17.6. The molecule has 5 nitrogen and oxygen atoms in total. The van der Waals surface area contributed by atoms with E-state index in [9.17, 15) is 14.4 Å². The van der Waals surface area contributed by atoms with Gasteiger partial charge in [0.1, 0.15) is 0 Å². The molecular formula is C25H24N2O3. The van der Waals surface area contributed by atoms with Crippen molar-refractivity contribution in [1.29, 1.82) is 0 Å². The largest absolute Gasteiger partial charge is 0.343 e. The number of hydrogen-bond acceptors (Lipinski definition) is 3. The normalized spacial score (nSPS) is 21.3. The lowest BCUT2D eigenvalue weighted by molar-refractivity contribution is -0.139. The molecule has 0 spiro atoms. The predicted octanol–water partition coefficient (Wildman–Crippen LogP) is 4.20. The van der Waals surface area contributed by atoms with E-state index in [0.29, 0.717) is 5.56 Å². The number of rotatable bonds is 4. The number of imide groups is 1. The number of amides is 2. The van der Waals surface area contributed by atoms with E-state index in [2.05, 4.69) is 0 Å². The molecule has 152 valence electrons. The maximum absolute atomic E-state index is 13.6. The zero-order chi connectivity index (χ0) is 20.8. The van der Waals surface area contributed by atoms with Gasteiger partial charge in [-0.25, -0.2) is 0 Å². The summed E-state index contributed by atoms with van der Waals surface area (Å²) in [7, 11) is 1.95. The van der Waals surface area contributed by atoms with Crippen molar-refractivity contribution in [3.8, 4) is 11.3 Å². The number of fused-ring (bicyclic) bond motifs is 2. The van der Waals surface area contributed by atoms with Gasteiger partial charge >= 0.3 is 0 Å². The van der Waals surface area contributed by atoms with Crippen LogP contribution in [0.3, 0.4) is 0 Å². The maximum atomic E-state index is 13.6. The fraction of sp³-hybridized carbons (Fsp3) is 0.320. The number of ketones is 1. The highest BCUT2D eigenvalue weighted by Gasteiger charge is 2.48. The Morgan fingerprint density at radius 3 is 2.17 bits per heavy atom. The molecule has 2 amide bonds. The molecule has 1 aromatic heterocycles. The van der Waals surface area contributed by atoms with Gasteiger partial charge in [-0.15, -0.1) is 0 Å². The highest BCUT2D eigenvalue weighted by molar-refractivity contribution is 6.17. The van der Waals surface area contributed by atoms with Crippen molar-refractivity contribution >= 4 is 28.5 Å². The Morgan fingerprint density at radius 2 is 1.50 bits per heavy atom. The lowest BCUT2D eigenvalue weighted by Gasteiger charge is -2.19. The van der Waals surface area contributed by atoms with Crippen LogP contribution in [-0.2, 0) is 16.6 Å². The number of nitrogens with zero attached hydrogens (tertiary/aromatic N) is 2. The van der Waals surface area contributed by atoms with Gasteiger partial charge in [-0.05, 0) is 24.5 Å². The van der Waals surface area contributed by atoms with Gasteiger partial charge in [-0.2, -0.15) is 0 Å². The molecule has 5 rings (SSSR count). The highest BCUT2D eigenvalue weighted by Crippen LogP contribution is 2.39. The predicted molar refractivity (Wildman–Crippen MR) is 115 cm³/mol. The number of carbonyl (C=O) groups is 3. The van der Waals surface area contributed by atoms with Crippen LogP contribution in [-0.4, -0.2) is 33.6 Å². The van der Waals surface area contributed by atoms with E-state index in [1.165, 1.54) is 4.90 Å². The van der Waals surface area contributed by atoms with Crippen LogP contribution >= 0.6 is 0 Å². The third-order valence-electron chi connectivity index (χ3n) is 6.67. The fourth-order valence-electron chi connectivity index (χ4n) is 5.22. The van der Waals surface area contributed by atoms with Crippen LogP contribution < -0.4 is 0 Å². The zero-order valence-corrected chi connectivity index (χ0v) is 17.0. The highest BCUT2D eigenvalue weighted by atomic mass is 16.2. The number of para-hydroxylation sites is 1. The molecule has 2 fully saturated rings. The molecule has 1 saturated carbocycles. The van der Waals surface area contributed by atoms with Crippen molar-refractivity contribution in [3.63, 3.8) is 0 Å². The second-order valence-corrected chi connectivity index (χ2v) is 8.35. The van der Waals surface area contributed by atoms with E-state index in [1.54, 1.807) is 0 Å². The van der Waals surface area contributed by atoms with Crippen LogP contribution in [0.1, 0.15) is 36.0 Å². The summed E-state index contributed by atoms with van der Waals surface area (Å²) in [4.78, 5) is 40.6. The zero-order valence-electron chi connectivity index (χ0n) is 17.0. The summed E-state index contributed by atoms with van der Waals surface area (Å²) >= 11 is 0. The van der Waals surface area contributed by atoms with E-state index < -0.39 is 0 Å². The first-order chi connectivity index (χ1) is 14.6. The first-order valence-electron chi connectivity index (χ1n) is 10.6. The Balaban J connectivity index is 1.57. The van der Waals surface area contributed by atoms with Crippen molar-refractivity contribution in [2.75, 3.05) is 6.54 Å². The summed E-state index contributed by atoms with van der Waals surface area (Å²) in [5.41, 5.74) is 3.29. The molecule has 3 aromatic rings. The first-order valence-corrected chi connectivity index (χ1v) is 10.6. The summed E-state index contributed by atoms with van der Waals surface area (Å²) in [5, 5.41) is 0.848. The third-order valence-corrected chi connectivity index (χ3v) is 6.67. The number of Topliss-reactive ketones (excluding diaryl/α,β-unsaturated/α-hetero) is 1. The van der Waals surface area contributed by atoms with Crippen molar-refractivity contribution in [2.24, 2.45) is 18.9 Å². The van der Waals surface area contributed by atoms with Gasteiger partial charge in [0.05, 0.1) is 29.6 Å². The molecule has 2 atom stereocenters. The van der Waals surface area contributed by atoms with Gasteiger partial charge in [-0.1, -0.05) is 61.4 Å². The van der Waals surface area contributed by atoms with E-state index in [1.807, 2.05) is 66.2 Å². The average Bonchev–Trinajstić information content (AvgIpc) is 3.21. The lowest BCUT2D eigenvalue weighted by atomic mass is 9.81. The number of carbonyl (C=O) groups excluding carboxylic acids is 3. The Morgan fingerprint density at radius 1 is 0.900 bits per heavy atom. The van der Waals surface area contributed by atoms with Gasteiger partial charge in [0.25, 0.3) is 0 Å². The van der Waals surface area contributed by atoms with Crippen LogP contribution in [0, 0.1) is 11.8 Å². The van der Waals surface area contributed by atoms with E-state index in [-0.39, 0.29) is 36.0 Å². The van der Waals surface area contributed by atoms with Crippen molar-refractivity contribution < 1.29 is 14.4 Å². The van der Waals surface area contributed by atoms with Gasteiger partial charge < -0.3 is 4.57 Å². The van der Waals surface area contributed by atoms with Crippen molar-refractivity contribution in [1.82, 2.24) is 9.47 Å². The quantitative estimate of drug-likeness (QED) is 0.487. The van der Waals surface area contributed by atoms with E-state index >= 15 is 0 Å². The number of likely N-dealkylation sites (tertiary alicyclic amines) is 1. The van der Waals surface area contributed by atoms with Crippen LogP contribution in [0.15, 0.2) is 54.6 Å². The molecule has 2 aromatic carbocycles. The molecule has 0 N–H and O–H groups in total. The van der Waals surface area contributed by atoms with Crippen LogP contribution in [0.5, 0.6) is 0 Å². The number of aromatic nitrogens is 1. The maximum Gasteiger partial charge on any atom is 0.233 e. The minimum absolute atomic E-state index is 0.167. The Bertz CT molecular complexity index is 1140. The summed E-state index contributed by atoms with van der Waals surface area (Å²) in [6.45, 7) is -0.182. The molecule has 0 bridgehead atoms. The third kappa shape index (κ3) is 2.80. The molecular weight excluding hydrogens is 376 g/mol. The van der Waals surface area contributed by atoms with Crippen LogP contribution in [0.2, 0.25) is 0 Å². The molecule has 1 aliphatic heterocycles.